The van der Waals surface area contributed by atoms with E-state index in [0.29, 0.717) is 11.8 Å². The van der Waals surface area contributed by atoms with E-state index < -0.39 is 0 Å². The number of para-hydroxylation sites is 1. The van der Waals surface area contributed by atoms with Crippen LogP contribution >= 0.6 is 0 Å². The van der Waals surface area contributed by atoms with Crippen LogP contribution in [0.25, 0.3) is 0 Å². The molecule has 0 saturated carbocycles. The number of methoxy groups -OCH3 is 1. The van der Waals surface area contributed by atoms with Crippen LogP contribution in [0.2, 0.25) is 0 Å². The summed E-state index contributed by atoms with van der Waals surface area (Å²) in [4.78, 5) is 0. The van der Waals surface area contributed by atoms with Gasteiger partial charge in [-0.2, -0.15) is 0 Å². The lowest BCUT2D eigenvalue weighted by atomic mass is 9.90. The van der Waals surface area contributed by atoms with E-state index in [1.807, 2.05) is 18.2 Å². The SMILES string of the molecule is COc1ccccc1CC(C)C(C)CO. The van der Waals surface area contributed by atoms with Gasteiger partial charge in [0.15, 0.2) is 0 Å². The fourth-order valence-electron chi connectivity index (χ4n) is 1.60. The van der Waals surface area contributed by atoms with E-state index in [1.165, 1.54) is 5.56 Å². The Balaban J connectivity index is 2.71. The molecular weight excluding hydrogens is 188 g/mol. The van der Waals surface area contributed by atoms with Gasteiger partial charge in [0.2, 0.25) is 0 Å². The Hall–Kier alpha value is -1.02. The van der Waals surface area contributed by atoms with Crippen LogP contribution in [0.4, 0.5) is 0 Å². The summed E-state index contributed by atoms with van der Waals surface area (Å²) in [7, 11) is 1.69. The molecule has 1 aromatic carbocycles. The Kier molecular flexibility index (Phi) is 4.63. The Bertz CT molecular complexity index is 296. The van der Waals surface area contributed by atoms with Gasteiger partial charge in [0.25, 0.3) is 0 Å². The molecule has 0 saturated heterocycles. The molecule has 0 aliphatic rings. The second kappa shape index (κ2) is 5.76. The van der Waals surface area contributed by atoms with Crippen molar-refractivity contribution in [2.75, 3.05) is 13.7 Å². The first-order valence-corrected chi connectivity index (χ1v) is 5.41. The molecule has 15 heavy (non-hydrogen) atoms. The number of aliphatic hydroxyl groups is 1. The van der Waals surface area contributed by atoms with Gasteiger partial charge in [-0.25, -0.2) is 0 Å². The monoisotopic (exact) mass is 208 g/mol. The van der Waals surface area contributed by atoms with E-state index in [-0.39, 0.29) is 6.61 Å². The standard InChI is InChI=1S/C13H20O2/c1-10(11(2)9-14)8-12-6-4-5-7-13(12)15-3/h4-7,10-11,14H,8-9H2,1-3H3. The number of hydrogen-bond acceptors (Lipinski definition) is 2. The maximum Gasteiger partial charge on any atom is 0.122 e. The minimum Gasteiger partial charge on any atom is -0.496 e. The Morgan fingerprint density at radius 2 is 1.87 bits per heavy atom. The van der Waals surface area contributed by atoms with Crippen molar-refractivity contribution in [2.45, 2.75) is 20.3 Å². The number of aliphatic hydroxyl groups excluding tert-OH is 1. The van der Waals surface area contributed by atoms with Gasteiger partial charge < -0.3 is 9.84 Å². The smallest absolute Gasteiger partial charge is 0.122 e. The van der Waals surface area contributed by atoms with E-state index >= 15 is 0 Å². The third-order valence-corrected chi connectivity index (χ3v) is 2.99. The second-order valence-corrected chi connectivity index (χ2v) is 4.15. The highest BCUT2D eigenvalue weighted by Gasteiger charge is 2.13. The average Bonchev–Trinajstić information content (AvgIpc) is 2.28. The molecule has 2 atom stereocenters. The lowest BCUT2D eigenvalue weighted by Gasteiger charge is -2.18. The summed E-state index contributed by atoms with van der Waals surface area (Å²) >= 11 is 0. The van der Waals surface area contributed by atoms with Crippen LogP contribution in [0.1, 0.15) is 19.4 Å². The van der Waals surface area contributed by atoms with Gasteiger partial charge >= 0.3 is 0 Å². The summed E-state index contributed by atoms with van der Waals surface area (Å²) < 4.78 is 5.30. The third kappa shape index (κ3) is 3.24. The van der Waals surface area contributed by atoms with Crippen molar-refractivity contribution in [3.05, 3.63) is 29.8 Å². The lowest BCUT2D eigenvalue weighted by Crippen LogP contribution is -2.14. The van der Waals surface area contributed by atoms with E-state index in [2.05, 4.69) is 19.9 Å². The molecule has 0 radical (unpaired) electrons. The molecule has 0 fully saturated rings. The van der Waals surface area contributed by atoms with E-state index in [1.54, 1.807) is 7.11 Å². The van der Waals surface area contributed by atoms with Crippen LogP contribution in [0, 0.1) is 11.8 Å². The molecule has 0 amide bonds. The molecule has 0 bridgehead atoms. The quantitative estimate of drug-likeness (QED) is 0.805. The number of rotatable bonds is 5. The van der Waals surface area contributed by atoms with Crippen molar-refractivity contribution in [1.29, 1.82) is 0 Å². The molecule has 84 valence electrons. The first kappa shape index (κ1) is 12.1. The topological polar surface area (TPSA) is 29.5 Å². The zero-order valence-electron chi connectivity index (χ0n) is 9.73. The van der Waals surface area contributed by atoms with Crippen molar-refractivity contribution in [3.8, 4) is 5.75 Å². The largest absolute Gasteiger partial charge is 0.496 e. The number of hydrogen-bond donors (Lipinski definition) is 1. The summed E-state index contributed by atoms with van der Waals surface area (Å²) in [6.45, 7) is 4.48. The highest BCUT2D eigenvalue weighted by molar-refractivity contribution is 5.33. The highest BCUT2D eigenvalue weighted by Crippen LogP contribution is 2.23. The molecule has 1 rings (SSSR count). The van der Waals surface area contributed by atoms with E-state index in [9.17, 15) is 0 Å². The van der Waals surface area contributed by atoms with Crippen molar-refractivity contribution in [2.24, 2.45) is 11.8 Å². The van der Waals surface area contributed by atoms with Crippen LogP contribution in [-0.2, 0) is 6.42 Å². The van der Waals surface area contributed by atoms with Crippen molar-refractivity contribution >= 4 is 0 Å². The van der Waals surface area contributed by atoms with Crippen molar-refractivity contribution in [1.82, 2.24) is 0 Å². The summed E-state index contributed by atoms with van der Waals surface area (Å²) in [5.74, 6) is 1.73. The van der Waals surface area contributed by atoms with Gasteiger partial charge in [0.05, 0.1) is 7.11 Å². The Morgan fingerprint density at radius 1 is 1.20 bits per heavy atom. The first-order chi connectivity index (χ1) is 7.19. The second-order valence-electron chi connectivity index (χ2n) is 4.15. The minimum atomic E-state index is 0.246. The predicted octanol–water partition coefficient (Wildman–Crippen LogP) is 2.50. The van der Waals surface area contributed by atoms with Crippen LogP contribution in [0.15, 0.2) is 24.3 Å². The maximum absolute atomic E-state index is 9.08. The van der Waals surface area contributed by atoms with Crippen molar-refractivity contribution in [3.63, 3.8) is 0 Å². The molecule has 0 aromatic heterocycles. The van der Waals surface area contributed by atoms with Crippen LogP contribution in [0.3, 0.4) is 0 Å². The van der Waals surface area contributed by atoms with Gasteiger partial charge in [-0.05, 0) is 29.9 Å². The summed E-state index contributed by atoms with van der Waals surface area (Å²) in [5.41, 5.74) is 1.22. The van der Waals surface area contributed by atoms with Crippen molar-refractivity contribution < 1.29 is 9.84 Å². The molecule has 2 unspecified atom stereocenters. The number of benzene rings is 1. The third-order valence-electron chi connectivity index (χ3n) is 2.99. The predicted molar refractivity (Wildman–Crippen MR) is 62.1 cm³/mol. The fourth-order valence-corrected chi connectivity index (χ4v) is 1.60. The fraction of sp³-hybridized carbons (Fsp3) is 0.538. The van der Waals surface area contributed by atoms with E-state index in [0.717, 1.165) is 12.2 Å². The lowest BCUT2D eigenvalue weighted by molar-refractivity contribution is 0.195. The molecule has 2 heteroatoms. The van der Waals surface area contributed by atoms with Gasteiger partial charge in [-0.1, -0.05) is 32.0 Å². The Morgan fingerprint density at radius 3 is 2.47 bits per heavy atom. The first-order valence-electron chi connectivity index (χ1n) is 5.41. The molecular formula is C13H20O2. The average molecular weight is 208 g/mol. The van der Waals surface area contributed by atoms with Gasteiger partial charge in [0.1, 0.15) is 5.75 Å². The Labute approximate surface area is 91.9 Å². The van der Waals surface area contributed by atoms with Crippen LogP contribution in [0.5, 0.6) is 5.75 Å². The number of ether oxygens (including phenoxy) is 1. The molecule has 0 aliphatic heterocycles. The molecule has 1 N–H and O–H groups in total. The molecule has 1 aromatic rings. The molecule has 0 heterocycles. The normalized spacial score (nSPS) is 14.7. The summed E-state index contributed by atoms with van der Waals surface area (Å²) in [6, 6.07) is 8.06. The van der Waals surface area contributed by atoms with Gasteiger partial charge in [0, 0.05) is 6.61 Å². The molecule has 2 nitrogen and oxygen atoms in total. The highest BCUT2D eigenvalue weighted by atomic mass is 16.5. The van der Waals surface area contributed by atoms with Crippen LogP contribution in [-0.4, -0.2) is 18.8 Å². The summed E-state index contributed by atoms with van der Waals surface area (Å²) in [5, 5.41) is 9.08. The molecule has 0 spiro atoms. The maximum atomic E-state index is 9.08. The summed E-state index contributed by atoms with van der Waals surface area (Å²) in [6.07, 6.45) is 0.950. The van der Waals surface area contributed by atoms with Gasteiger partial charge in [-0.3, -0.25) is 0 Å². The van der Waals surface area contributed by atoms with E-state index in [4.69, 9.17) is 9.84 Å². The van der Waals surface area contributed by atoms with Crippen LogP contribution < -0.4 is 4.74 Å². The zero-order chi connectivity index (χ0) is 11.3. The zero-order valence-corrected chi connectivity index (χ0v) is 9.73. The molecule has 0 aliphatic carbocycles. The van der Waals surface area contributed by atoms with Gasteiger partial charge in [-0.15, -0.1) is 0 Å². The minimum absolute atomic E-state index is 0.246.